The van der Waals surface area contributed by atoms with E-state index >= 15 is 0 Å². The highest BCUT2D eigenvalue weighted by Crippen LogP contribution is 2.27. The quantitative estimate of drug-likeness (QED) is 0.791. The summed E-state index contributed by atoms with van der Waals surface area (Å²) in [4.78, 5) is 25.9. The van der Waals surface area contributed by atoms with Crippen LogP contribution in [0.3, 0.4) is 0 Å². The van der Waals surface area contributed by atoms with Crippen molar-refractivity contribution in [3.05, 3.63) is 47.9 Å². The highest BCUT2D eigenvalue weighted by atomic mass is 16.5. The molecule has 160 valence electrons. The number of likely N-dealkylation sites (tertiary alicyclic amines) is 1. The largest absolute Gasteiger partial charge is 0.378 e. The lowest BCUT2D eigenvalue weighted by atomic mass is 9.94. The van der Waals surface area contributed by atoms with Crippen molar-refractivity contribution >= 4 is 17.4 Å². The molecule has 0 aromatic carbocycles. The number of ether oxygens (including phenoxy) is 1. The lowest BCUT2D eigenvalue weighted by Gasteiger charge is -2.33. The van der Waals surface area contributed by atoms with Gasteiger partial charge in [-0.3, -0.25) is 9.78 Å². The molecule has 7 heteroatoms. The number of aromatic nitrogens is 2. The van der Waals surface area contributed by atoms with Gasteiger partial charge in [0, 0.05) is 50.4 Å². The van der Waals surface area contributed by atoms with Gasteiger partial charge in [0.15, 0.2) is 0 Å². The van der Waals surface area contributed by atoms with Crippen LogP contribution in [0.5, 0.6) is 0 Å². The first-order valence-electron chi connectivity index (χ1n) is 10.9. The number of nitrogens with zero attached hydrogens (tertiary/aromatic N) is 4. The number of amides is 1. The van der Waals surface area contributed by atoms with Gasteiger partial charge in [-0.1, -0.05) is 6.07 Å². The highest BCUT2D eigenvalue weighted by molar-refractivity contribution is 5.76. The van der Waals surface area contributed by atoms with E-state index in [1.165, 1.54) is 0 Å². The van der Waals surface area contributed by atoms with E-state index in [0.29, 0.717) is 25.6 Å². The van der Waals surface area contributed by atoms with Crippen molar-refractivity contribution in [1.29, 1.82) is 0 Å². The fraction of sp³-hybridized carbons (Fsp3) is 0.522. The van der Waals surface area contributed by atoms with Gasteiger partial charge in [-0.25, -0.2) is 4.98 Å². The molecule has 0 radical (unpaired) electrons. The molecule has 4 heterocycles. The minimum atomic E-state index is 0.249. The number of aryl methyl sites for hydroxylation is 1. The summed E-state index contributed by atoms with van der Waals surface area (Å²) >= 11 is 0. The fourth-order valence-electron chi connectivity index (χ4n) is 4.20. The molecule has 2 aromatic heterocycles. The minimum absolute atomic E-state index is 0.249. The second-order valence-corrected chi connectivity index (χ2v) is 8.15. The minimum Gasteiger partial charge on any atom is -0.378 e. The van der Waals surface area contributed by atoms with Crippen molar-refractivity contribution in [2.75, 3.05) is 51.3 Å². The maximum absolute atomic E-state index is 12.4. The van der Waals surface area contributed by atoms with Crippen molar-refractivity contribution in [2.45, 2.75) is 32.1 Å². The van der Waals surface area contributed by atoms with Crippen molar-refractivity contribution < 1.29 is 9.53 Å². The first-order chi connectivity index (χ1) is 14.7. The van der Waals surface area contributed by atoms with Crippen LogP contribution in [0.25, 0.3) is 0 Å². The Morgan fingerprint density at radius 3 is 2.83 bits per heavy atom. The summed E-state index contributed by atoms with van der Waals surface area (Å²) in [5.41, 5.74) is 3.18. The van der Waals surface area contributed by atoms with E-state index in [9.17, 15) is 4.79 Å². The number of hydrogen-bond acceptors (Lipinski definition) is 6. The Balaban J connectivity index is 1.29. The summed E-state index contributed by atoms with van der Waals surface area (Å²) < 4.78 is 5.34. The number of piperidine rings is 1. The Hall–Kier alpha value is -2.51. The van der Waals surface area contributed by atoms with Crippen LogP contribution < -0.4 is 5.32 Å². The summed E-state index contributed by atoms with van der Waals surface area (Å²) in [5.74, 6) is 1.53. The van der Waals surface area contributed by atoms with E-state index in [0.717, 1.165) is 68.3 Å². The third-order valence-electron chi connectivity index (χ3n) is 5.99. The maximum atomic E-state index is 12.4. The molecular formula is C23H31N5O2. The Labute approximate surface area is 178 Å². The van der Waals surface area contributed by atoms with Crippen LogP contribution >= 0.6 is 0 Å². The fourth-order valence-corrected chi connectivity index (χ4v) is 4.20. The first-order valence-corrected chi connectivity index (χ1v) is 10.9. The molecule has 0 spiro atoms. The Morgan fingerprint density at radius 1 is 1.20 bits per heavy atom. The molecule has 0 bridgehead atoms. The molecule has 0 aliphatic carbocycles. The number of anilines is 2. The molecule has 1 atom stereocenters. The summed E-state index contributed by atoms with van der Waals surface area (Å²) in [5, 5.41) is 3.34. The van der Waals surface area contributed by atoms with Gasteiger partial charge in [0.25, 0.3) is 0 Å². The molecule has 1 amide bonds. The Bertz CT molecular complexity index is 836. The van der Waals surface area contributed by atoms with Gasteiger partial charge in [0.05, 0.1) is 25.1 Å². The third-order valence-corrected chi connectivity index (χ3v) is 5.99. The van der Waals surface area contributed by atoms with E-state index in [1.807, 2.05) is 30.2 Å². The number of carbonyl (C=O) groups excluding carboxylic acids is 1. The van der Waals surface area contributed by atoms with Gasteiger partial charge < -0.3 is 19.9 Å². The molecule has 0 saturated carbocycles. The van der Waals surface area contributed by atoms with Crippen molar-refractivity contribution in [1.82, 2.24) is 19.8 Å². The van der Waals surface area contributed by atoms with E-state index < -0.39 is 0 Å². The summed E-state index contributed by atoms with van der Waals surface area (Å²) in [6.07, 6.45) is 6.56. The monoisotopic (exact) mass is 409 g/mol. The standard InChI is InChI=1S/C23H31N5O2/c1-18-4-2-9-24-23(18)26-20-6-7-21(25-16-20)19-5-3-10-27(17-19)11-8-22(29)28-12-14-30-15-13-28/h2,4,6-7,9,16,19H,3,5,8,10-15,17H2,1H3,(H,24,26)/t19-/m0/s1. The van der Waals surface area contributed by atoms with Crippen LogP contribution in [0.15, 0.2) is 36.7 Å². The molecule has 7 nitrogen and oxygen atoms in total. The highest BCUT2D eigenvalue weighted by Gasteiger charge is 2.24. The second kappa shape index (κ2) is 10.00. The average Bonchev–Trinajstić information content (AvgIpc) is 2.80. The van der Waals surface area contributed by atoms with Crippen LogP contribution in [0.4, 0.5) is 11.5 Å². The van der Waals surface area contributed by atoms with Crippen molar-refractivity contribution in [3.8, 4) is 0 Å². The average molecular weight is 410 g/mol. The smallest absolute Gasteiger partial charge is 0.224 e. The van der Waals surface area contributed by atoms with Crippen molar-refractivity contribution in [2.24, 2.45) is 0 Å². The van der Waals surface area contributed by atoms with E-state index in [2.05, 4.69) is 27.3 Å². The van der Waals surface area contributed by atoms with Crippen LogP contribution in [0, 0.1) is 6.92 Å². The molecular weight excluding hydrogens is 378 g/mol. The molecule has 2 aromatic rings. The van der Waals surface area contributed by atoms with Crippen molar-refractivity contribution in [3.63, 3.8) is 0 Å². The normalized spacial score (nSPS) is 20.2. The number of carbonyl (C=O) groups is 1. The lowest BCUT2D eigenvalue weighted by Crippen LogP contribution is -2.43. The van der Waals surface area contributed by atoms with E-state index in [1.54, 1.807) is 6.20 Å². The SMILES string of the molecule is Cc1cccnc1Nc1ccc([C@H]2CCCN(CCC(=O)N3CCOCC3)C2)nc1. The van der Waals surface area contributed by atoms with Gasteiger partial charge in [-0.2, -0.15) is 0 Å². The van der Waals surface area contributed by atoms with Gasteiger partial charge in [0.2, 0.25) is 5.91 Å². The maximum Gasteiger partial charge on any atom is 0.224 e. The van der Waals surface area contributed by atoms with Crippen LogP contribution in [-0.4, -0.2) is 71.6 Å². The summed E-state index contributed by atoms with van der Waals surface area (Å²) in [6, 6.07) is 8.17. The Morgan fingerprint density at radius 2 is 2.07 bits per heavy atom. The second-order valence-electron chi connectivity index (χ2n) is 8.15. The molecule has 30 heavy (non-hydrogen) atoms. The number of nitrogens with one attached hydrogen (secondary N) is 1. The van der Waals surface area contributed by atoms with Gasteiger partial charge in [-0.15, -0.1) is 0 Å². The zero-order valence-corrected chi connectivity index (χ0v) is 17.7. The number of pyridine rings is 2. The van der Waals surface area contributed by atoms with Gasteiger partial charge in [-0.05, 0) is 50.1 Å². The molecule has 2 aliphatic rings. The zero-order chi connectivity index (χ0) is 20.8. The predicted molar refractivity (Wildman–Crippen MR) is 117 cm³/mol. The van der Waals surface area contributed by atoms with Crippen LogP contribution in [0.2, 0.25) is 0 Å². The molecule has 2 fully saturated rings. The van der Waals surface area contributed by atoms with Gasteiger partial charge >= 0.3 is 0 Å². The van der Waals surface area contributed by atoms with Crippen LogP contribution in [-0.2, 0) is 9.53 Å². The number of hydrogen-bond donors (Lipinski definition) is 1. The Kier molecular flexibility index (Phi) is 6.92. The van der Waals surface area contributed by atoms with Gasteiger partial charge in [0.1, 0.15) is 5.82 Å². The molecule has 1 N–H and O–H groups in total. The summed E-state index contributed by atoms with van der Waals surface area (Å²) in [7, 11) is 0. The molecule has 4 rings (SSSR count). The first kappa shape index (κ1) is 20.8. The number of morpholine rings is 1. The molecule has 0 unspecified atom stereocenters. The number of rotatable bonds is 6. The summed E-state index contributed by atoms with van der Waals surface area (Å²) in [6.45, 7) is 7.67. The van der Waals surface area contributed by atoms with E-state index in [4.69, 9.17) is 9.72 Å². The topological polar surface area (TPSA) is 70.6 Å². The van der Waals surface area contributed by atoms with Crippen LogP contribution in [0.1, 0.15) is 36.4 Å². The third kappa shape index (κ3) is 5.34. The molecule has 2 saturated heterocycles. The van der Waals surface area contributed by atoms with E-state index in [-0.39, 0.29) is 5.91 Å². The zero-order valence-electron chi connectivity index (χ0n) is 17.7. The molecule has 2 aliphatic heterocycles. The lowest BCUT2D eigenvalue weighted by molar-refractivity contribution is -0.135. The predicted octanol–water partition coefficient (Wildman–Crippen LogP) is 2.96.